The van der Waals surface area contributed by atoms with E-state index in [9.17, 15) is 9.18 Å². The summed E-state index contributed by atoms with van der Waals surface area (Å²) >= 11 is 6.70. The Kier molecular flexibility index (Phi) is 3.83. The topological polar surface area (TPSA) is 68.0 Å². The van der Waals surface area contributed by atoms with Crippen molar-refractivity contribution in [2.75, 3.05) is 5.75 Å². The van der Waals surface area contributed by atoms with E-state index in [-0.39, 0.29) is 10.8 Å². The molecule has 94 valence electrons. The summed E-state index contributed by atoms with van der Waals surface area (Å²) in [5, 5.41) is 16.5. The number of hydrogen-bond acceptors (Lipinski definition) is 4. The van der Waals surface area contributed by atoms with Crippen molar-refractivity contribution >= 4 is 29.3 Å². The predicted molar refractivity (Wildman–Crippen MR) is 64.7 cm³/mol. The summed E-state index contributed by atoms with van der Waals surface area (Å²) in [4.78, 5) is 10.5. The molecule has 1 aromatic heterocycles. The van der Waals surface area contributed by atoms with Crippen LogP contribution in [-0.2, 0) is 4.79 Å². The summed E-state index contributed by atoms with van der Waals surface area (Å²) in [6.07, 6.45) is 1.41. The molecule has 0 aliphatic heterocycles. The zero-order valence-corrected chi connectivity index (χ0v) is 10.5. The lowest BCUT2D eigenvalue weighted by Crippen LogP contribution is -2.01. The van der Waals surface area contributed by atoms with Gasteiger partial charge in [-0.15, -0.1) is 10.2 Å². The summed E-state index contributed by atoms with van der Waals surface area (Å²) in [6.45, 7) is 0. The van der Waals surface area contributed by atoms with Gasteiger partial charge in [0.2, 0.25) is 0 Å². The van der Waals surface area contributed by atoms with E-state index >= 15 is 0 Å². The van der Waals surface area contributed by atoms with Gasteiger partial charge in [0, 0.05) is 0 Å². The molecule has 18 heavy (non-hydrogen) atoms. The van der Waals surface area contributed by atoms with Crippen LogP contribution in [0, 0.1) is 5.82 Å². The largest absolute Gasteiger partial charge is 0.481 e. The van der Waals surface area contributed by atoms with Crippen molar-refractivity contribution in [2.24, 2.45) is 0 Å². The Bertz CT molecular complexity index is 590. The zero-order chi connectivity index (χ0) is 13.1. The number of thioether (sulfide) groups is 1. The molecule has 5 nitrogen and oxygen atoms in total. The quantitative estimate of drug-likeness (QED) is 0.874. The van der Waals surface area contributed by atoms with Crippen molar-refractivity contribution in [3.05, 3.63) is 35.4 Å². The summed E-state index contributed by atoms with van der Waals surface area (Å²) < 4.78 is 14.6. The third-order valence-electron chi connectivity index (χ3n) is 2.02. The van der Waals surface area contributed by atoms with E-state index in [2.05, 4.69) is 10.2 Å². The van der Waals surface area contributed by atoms with Gasteiger partial charge in [-0.2, -0.15) is 0 Å². The molecule has 0 fully saturated rings. The predicted octanol–water partition coefficient (Wildman–Crippen LogP) is 2.24. The Balaban J connectivity index is 2.30. The number of benzene rings is 1. The second kappa shape index (κ2) is 5.36. The first-order valence-electron chi connectivity index (χ1n) is 4.78. The maximum Gasteiger partial charge on any atom is 0.313 e. The monoisotopic (exact) mass is 287 g/mol. The Morgan fingerprint density at radius 3 is 3.00 bits per heavy atom. The second-order valence-corrected chi connectivity index (χ2v) is 4.61. The molecule has 1 heterocycles. The van der Waals surface area contributed by atoms with E-state index in [0.29, 0.717) is 10.8 Å². The van der Waals surface area contributed by atoms with Gasteiger partial charge in [-0.25, -0.2) is 4.39 Å². The SMILES string of the molecule is O=C(O)CSc1nncn1-c1ccc(F)c(Cl)c1. The average molecular weight is 288 g/mol. The molecule has 0 spiro atoms. The molecule has 1 N–H and O–H groups in total. The Morgan fingerprint density at radius 2 is 2.33 bits per heavy atom. The highest BCUT2D eigenvalue weighted by atomic mass is 35.5. The van der Waals surface area contributed by atoms with Crippen LogP contribution in [0.1, 0.15) is 0 Å². The third kappa shape index (κ3) is 2.80. The lowest BCUT2D eigenvalue weighted by atomic mass is 10.3. The summed E-state index contributed by atoms with van der Waals surface area (Å²) in [5.41, 5.74) is 0.569. The van der Waals surface area contributed by atoms with Gasteiger partial charge in [0.05, 0.1) is 16.5 Å². The molecule has 2 rings (SSSR count). The molecule has 0 atom stereocenters. The molecule has 0 amide bonds. The fraction of sp³-hybridized carbons (Fsp3) is 0.100. The van der Waals surface area contributed by atoms with E-state index in [1.165, 1.54) is 24.5 Å². The number of rotatable bonds is 4. The molecular weight excluding hydrogens is 281 g/mol. The van der Waals surface area contributed by atoms with Crippen molar-refractivity contribution in [3.8, 4) is 5.69 Å². The summed E-state index contributed by atoms with van der Waals surface area (Å²) in [6, 6.07) is 4.16. The molecule has 0 unspecified atom stereocenters. The smallest absolute Gasteiger partial charge is 0.313 e. The van der Waals surface area contributed by atoms with Crippen LogP contribution in [0.15, 0.2) is 29.7 Å². The van der Waals surface area contributed by atoms with Gasteiger partial charge < -0.3 is 5.11 Å². The molecule has 1 aromatic carbocycles. The van der Waals surface area contributed by atoms with Gasteiger partial charge in [-0.1, -0.05) is 23.4 Å². The fourth-order valence-corrected chi connectivity index (χ4v) is 2.08. The first-order chi connectivity index (χ1) is 8.58. The van der Waals surface area contributed by atoms with Crippen molar-refractivity contribution in [3.63, 3.8) is 0 Å². The van der Waals surface area contributed by atoms with Crippen LogP contribution in [0.5, 0.6) is 0 Å². The normalized spacial score (nSPS) is 10.6. The summed E-state index contributed by atoms with van der Waals surface area (Å²) in [5.74, 6) is -1.60. The first-order valence-corrected chi connectivity index (χ1v) is 6.14. The lowest BCUT2D eigenvalue weighted by molar-refractivity contribution is -0.133. The van der Waals surface area contributed by atoms with E-state index in [1.807, 2.05) is 0 Å². The third-order valence-corrected chi connectivity index (χ3v) is 3.24. The molecule has 2 aromatic rings. The molecule has 0 saturated heterocycles. The second-order valence-electron chi connectivity index (χ2n) is 3.26. The van der Waals surface area contributed by atoms with E-state index in [1.54, 1.807) is 4.57 Å². The van der Waals surface area contributed by atoms with Gasteiger partial charge in [-0.3, -0.25) is 9.36 Å². The molecular formula is C10H7ClFN3O2S. The van der Waals surface area contributed by atoms with E-state index in [0.717, 1.165) is 11.8 Å². The first kappa shape index (κ1) is 12.8. The van der Waals surface area contributed by atoms with Crippen LogP contribution < -0.4 is 0 Å². The van der Waals surface area contributed by atoms with Gasteiger partial charge in [-0.05, 0) is 18.2 Å². The van der Waals surface area contributed by atoms with Gasteiger partial charge >= 0.3 is 5.97 Å². The average Bonchev–Trinajstić information content (AvgIpc) is 2.78. The number of carbonyl (C=O) groups is 1. The number of carboxylic acid groups (broad SMARTS) is 1. The highest BCUT2D eigenvalue weighted by molar-refractivity contribution is 7.99. The van der Waals surface area contributed by atoms with Crippen LogP contribution >= 0.6 is 23.4 Å². The van der Waals surface area contributed by atoms with Crippen LogP contribution in [0.25, 0.3) is 5.69 Å². The highest BCUT2D eigenvalue weighted by Gasteiger charge is 2.10. The van der Waals surface area contributed by atoms with Gasteiger partial charge in [0.1, 0.15) is 12.1 Å². The fourth-order valence-electron chi connectivity index (χ4n) is 1.26. The van der Waals surface area contributed by atoms with Gasteiger partial charge in [0.25, 0.3) is 0 Å². The zero-order valence-electron chi connectivity index (χ0n) is 8.88. The summed E-state index contributed by atoms with van der Waals surface area (Å²) in [7, 11) is 0. The maximum absolute atomic E-state index is 13.0. The Labute approximate surface area is 111 Å². The minimum absolute atomic E-state index is 0.0182. The Morgan fingerprint density at radius 1 is 1.56 bits per heavy atom. The van der Waals surface area contributed by atoms with E-state index < -0.39 is 11.8 Å². The Hall–Kier alpha value is -1.60. The minimum atomic E-state index is -0.952. The molecule has 0 bridgehead atoms. The molecule has 0 radical (unpaired) electrons. The lowest BCUT2D eigenvalue weighted by Gasteiger charge is -2.05. The highest BCUT2D eigenvalue weighted by Crippen LogP contribution is 2.23. The van der Waals surface area contributed by atoms with Crippen molar-refractivity contribution < 1.29 is 14.3 Å². The van der Waals surface area contributed by atoms with Crippen LogP contribution in [0.4, 0.5) is 4.39 Å². The van der Waals surface area contributed by atoms with Crippen LogP contribution in [0.2, 0.25) is 5.02 Å². The molecule has 0 aliphatic rings. The number of halogens is 2. The number of hydrogen-bond donors (Lipinski definition) is 1. The van der Waals surface area contributed by atoms with Crippen LogP contribution in [0.3, 0.4) is 0 Å². The molecule has 8 heteroatoms. The standard InChI is InChI=1S/C10H7ClFN3O2S/c11-7-3-6(1-2-8(7)12)15-5-13-14-10(15)18-4-9(16)17/h1-3,5H,4H2,(H,16,17). The van der Waals surface area contributed by atoms with E-state index in [4.69, 9.17) is 16.7 Å². The maximum atomic E-state index is 13.0. The molecule has 0 saturated carbocycles. The molecule has 0 aliphatic carbocycles. The number of aliphatic carboxylic acids is 1. The van der Waals surface area contributed by atoms with Crippen molar-refractivity contribution in [2.45, 2.75) is 5.16 Å². The van der Waals surface area contributed by atoms with Crippen molar-refractivity contribution in [1.29, 1.82) is 0 Å². The number of carboxylic acids is 1. The number of aromatic nitrogens is 3. The number of nitrogens with zero attached hydrogens (tertiary/aromatic N) is 3. The van der Waals surface area contributed by atoms with Crippen molar-refractivity contribution in [1.82, 2.24) is 14.8 Å². The van der Waals surface area contributed by atoms with Crippen LogP contribution in [-0.4, -0.2) is 31.6 Å². The van der Waals surface area contributed by atoms with Gasteiger partial charge in [0.15, 0.2) is 5.16 Å². The minimum Gasteiger partial charge on any atom is -0.481 e.